The summed E-state index contributed by atoms with van der Waals surface area (Å²) in [4.78, 5) is 23.8. The van der Waals surface area contributed by atoms with Crippen molar-refractivity contribution in [1.82, 2.24) is 5.32 Å². The molecule has 2 aromatic carbocycles. The van der Waals surface area contributed by atoms with Crippen molar-refractivity contribution in [2.75, 3.05) is 31.9 Å². The van der Waals surface area contributed by atoms with Gasteiger partial charge in [-0.15, -0.1) is 0 Å². The fraction of sp³-hybridized carbons (Fsp3) is 0.360. The van der Waals surface area contributed by atoms with Crippen LogP contribution in [0.5, 0.6) is 5.75 Å². The van der Waals surface area contributed by atoms with Crippen LogP contribution in [0.25, 0.3) is 11.0 Å². The molecule has 0 fully saturated rings. The Morgan fingerprint density at radius 2 is 1.91 bits per heavy atom. The van der Waals surface area contributed by atoms with E-state index in [1.54, 1.807) is 30.3 Å². The van der Waals surface area contributed by atoms with Crippen LogP contribution in [0.4, 0.5) is 5.69 Å². The van der Waals surface area contributed by atoms with Crippen molar-refractivity contribution in [3.8, 4) is 5.75 Å². The van der Waals surface area contributed by atoms with Gasteiger partial charge in [-0.1, -0.05) is 12.1 Å². The molecule has 0 saturated heterocycles. The highest BCUT2D eigenvalue weighted by molar-refractivity contribution is 5.83. The summed E-state index contributed by atoms with van der Waals surface area (Å²) in [5.41, 5.74) is 19.2. The molecule has 3 aromatic rings. The molecule has 10 nitrogen and oxygen atoms in total. The molecule has 0 spiro atoms. The highest BCUT2D eigenvalue weighted by Crippen LogP contribution is 2.27. The molecule has 1 heterocycles. The second kappa shape index (κ2) is 12.9. The molecule has 2 atom stereocenters. The SMILES string of the molecule is Cc1cc(=O)oc2cc(OC(C(N)=O)c3ccc(NCC(N)CCCNCOCN)cc3)ccc12. The van der Waals surface area contributed by atoms with E-state index in [2.05, 4.69) is 10.6 Å². The number of nitrogens with two attached hydrogens (primary N) is 3. The average Bonchev–Trinajstić information content (AvgIpc) is 2.83. The first kappa shape index (κ1) is 26.2. The molecule has 35 heavy (non-hydrogen) atoms. The summed E-state index contributed by atoms with van der Waals surface area (Å²) >= 11 is 0. The Labute approximate surface area is 203 Å². The molecule has 8 N–H and O–H groups in total. The van der Waals surface area contributed by atoms with Crippen molar-refractivity contribution < 1.29 is 18.7 Å². The van der Waals surface area contributed by atoms with Gasteiger partial charge >= 0.3 is 5.63 Å². The Morgan fingerprint density at radius 3 is 2.63 bits per heavy atom. The maximum Gasteiger partial charge on any atom is 0.336 e. The number of amides is 1. The predicted molar refractivity (Wildman–Crippen MR) is 135 cm³/mol. The topological polar surface area (TPSA) is 168 Å². The van der Waals surface area contributed by atoms with Gasteiger partial charge in [0.2, 0.25) is 6.10 Å². The van der Waals surface area contributed by atoms with Gasteiger partial charge in [0.05, 0.1) is 13.5 Å². The number of hydrogen-bond donors (Lipinski definition) is 5. The maximum atomic E-state index is 12.1. The van der Waals surface area contributed by atoms with Crippen LogP contribution in [0, 0.1) is 6.92 Å². The number of fused-ring (bicyclic) bond motifs is 1. The number of rotatable bonds is 14. The molecule has 10 heteroatoms. The molecule has 0 aliphatic rings. The molecular formula is C25H33N5O5. The summed E-state index contributed by atoms with van der Waals surface area (Å²) in [6.45, 7) is 3.87. The summed E-state index contributed by atoms with van der Waals surface area (Å²) in [6.07, 6.45) is 0.769. The zero-order valence-electron chi connectivity index (χ0n) is 19.8. The number of anilines is 1. The van der Waals surface area contributed by atoms with Crippen LogP contribution in [0.1, 0.15) is 30.1 Å². The highest BCUT2D eigenvalue weighted by Gasteiger charge is 2.20. The molecule has 0 radical (unpaired) electrons. The molecular weight excluding hydrogens is 450 g/mol. The van der Waals surface area contributed by atoms with Crippen LogP contribution in [0.15, 0.2) is 57.7 Å². The lowest BCUT2D eigenvalue weighted by Gasteiger charge is -2.18. The first-order valence-electron chi connectivity index (χ1n) is 11.5. The van der Waals surface area contributed by atoms with E-state index < -0.39 is 17.6 Å². The summed E-state index contributed by atoms with van der Waals surface area (Å²) in [6, 6.07) is 13.7. The molecule has 1 amide bonds. The summed E-state index contributed by atoms with van der Waals surface area (Å²) in [7, 11) is 0. The Hall–Kier alpha value is -3.44. The van der Waals surface area contributed by atoms with Gasteiger partial charge in [0.15, 0.2) is 0 Å². The van der Waals surface area contributed by atoms with E-state index in [9.17, 15) is 9.59 Å². The van der Waals surface area contributed by atoms with Gasteiger partial charge in [-0.2, -0.15) is 0 Å². The number of hydrogen-bond acceptors (Lipinski definition) is 9. The summed E-state index contributed by atoms with van der Waals surface area (Å²) in [5.74, 6) is -0.267. The van der Waals surface area contributed by atoms with Gasteiger partial charge in [0.25, 0.3) is 5.91 Å². The van der Waals surface area contributed by atoms with Crippen LogP contribution in [-0.2, 0) is 9.53 Å². The van der Waals surface area contributed by atoms with E-state index in [-0.39, 0.29) is 12.8 Å². The predicted octanol–water partition coefficient (Wildman–Crippen LogP) is 1.71. The van der Waals surface area contributed by atoms with E-state index >= 15 is 0 Å². The monoisotopic (exact) mass is 483 g/mol. The summed E-state index contributed by atoms with van der Waals surface area (Å²) in [5, 5.41) is 7.21. The van der Waals surface area contributed by atoms with Gasteiger partial charge in [-0.3, -0.25) is 10.1 Å². The number of primary amides is 1. The van der Waals surface area contributed by atoms with Crippen molar-refractivity contribution >= 4 is 22.6 Å². The van der Waals surface area contributed by atoms with Gasteiger partial charge in [0.1, 0.15) is 11.3 Å². The smallest absolute Gasteiger partial charge is 0.336 e. The lowest BCUT2D eigenvalue weighted by atomic mass is 10.1. The van der Waals surface area contributed by atoms with Crippen molar-refractivity contribution in [2.45, 2.75) is 31.9 Å². The van der Waals surface area contributed by atoms with Crippen LogP contribution in [-0.4, -0.2) is 38.5 Å². The number of ether oxygens (including phenoxy) is 2. The molecule has 0 aliphatic carbocycles. The van der Waals surface area contributed by atoms with E-state index in [1.807, 2.05) is 19.1 Å². The first-order valence-corrected chi connectivity index (χ1v) is 11.5. The lowest BCUT2D eigenvalue weighted by molar-refractivity contribution is -0.125. The Balaban J connectivity index is 1.57. The molecule has 0 saturated carbocycles. The highest BCUT2D eigenvalue weighted by atomic mass is 16.5. The third-order valence-electron chi connectivity index (χ3n) is 5.47. The minimum atomic E-state index is -1.00. The Morgan fingerprint density at radius 1 is 1.14 bits per heavy atom. The Bertz CT molecular complexity index is 1170. The number of carbonyl (C=O) groups excluding carboxylic acids is 1. The van der Waals surface area contributed by atoms with Crippen molar-refractivity contribution in [3.05, 3.63) is 70.1 Å². The Kier molecular flexibility index (Phi) is 9.62. The normalized spacial score (nSPS) is 12.9. The number of nitrogens with one attached hydrogen (secondary N) is 2. The fourth-order valence-electron chi connectivity index (χ4n) is 3.62. The number of carbonyl (C=O) groups is 1. The van der Waals surface area contributed by atoms with E-state index in [4.69, 9.17) is 31.1 Å². The maximum absolute atomic E-state index is 12.1. The minimum Gasteiger partial charge on any atom is -0.476 e. The van der Waals surface area contributed by atoms with Crippen LogP contribution >= 0.6 is 0 Å². The fourth-order valence-corrected chi connectivity index (χ4v) is 3.62. The van der Waals surface area contributed by atoms with E-state index in [1.165, 1.54) is 6.07 Å². The number of benzene rings is 2. The zero-order chi connectivity index (χ0) is 25.2. The molecule has 188 valence electrons. The summed E-state index contributed by atoms with van der Waals surface area (Å²) < 4.78 is 16.1. The minimum absolute atomic E-state index is 0.00908. The van der Waals surface area contributed by atoms with Gasteiger partial charge in [-0.25, -0.2) is 4.79 Å². The van der Waals surface area contributed by atoms with Crippen molar-refractivity contribution in [2.24, 2.45) is 17.2 Å². The average molecular weight is 484 g/mol. The third-order valence-corrected chi connectivity index (χ3v) is 5.47. The molecule has 0 aliphatic heterocycles. The standard InChI is InChI=1S/C25H33N5O5/c1-16-11-23(31)35-22-12-20(8-9-21(16)22)34-24(25(28)32)17-4-6-19(7-5-17)30-13-18(27)3-2-10-29-15-33-14-26/h4-9,11-12,18,24,29-30H,2-3,10,13-15,26-27H2,1H3,(H2,28,32). The molecule has 3 rings (SSSR count). The van der Waals surface area contributed by atoms with Crippen LogP contribution < -0.4 is 38.2 Å². The third kappa shape index (κ3) is 7.79. The van der Waals surface area contributed by atoms with E-state index in [0.717, 1.165) is 36.0 Å². The molecule has 2 unspecified atom stereocenters. The van der Waals surface area contributed by atoms with Crippen molar-refractivity contribution in [3.63, 3.8) is 0 Å². The quantitative estimate of drug-likeness (QED) is 0.130. The van der Waals surface area contributed by atoms with Gasteiger partial charge in [0, 0.05) is 41.4 Å². The lowest BCUT2D eigenvalue weighted by Crippen LogP contribution is -2.30. The second-order valence-corrected chi connectivity index (χ2v) is 8.23. The molecule has 0 bridgehead atoms. The van der Waals surface area contributed by atoms with Crippen LogP contribution in [0.2, 0.25) is 0 Å². The van der Waals surface area contributed by atoms with Gasteiger partial charge < -0.3 is 36.4 Å². The first-order chi connectivity index (χ1) is 16.9. The zero-order valence-corrected chi connectivity index (χ0v) is 19.8. The number of aryl methyl sites for hydroxylation is 1. The van der Waals surface area contributed by atoms with Crippen LogP contribution in [0.3, 0.4) is 0 Å². The second-order valence-electron chi connectivity index (χ2n) is 8.23. The van der Waals surface area contributed by atoms with Crippen molar-refractivity contribution in [1.29, 1.82) is 0 Å². The van der Waals surface area contributed by atoms with Gasteiger partial charge in [-0.05, 0) is 56.1 Å². The van der Waals surface area contributed by atoms with E-state index in [0.29, 0.717) is 30.2 Å². The molecule has 1 aromatic heterocycles. The largest absolute Gasteiger partial charge is 0.476 e.